The molecule has 0 aliphatic carbocycles. The maximum absolute atomic E-state index is 13.0. The Morgan fingerprint density at radius 2 is 1.83 bits per heavy atom. The Morgan fingerprint density at radius 1 is 1.08 bits per heavy atom. The molecule has 4 nitrogen and oxygen atoms in total. The smallest absolute Gasteiger partial charge is 0.265 e. The number of carbonyl (C=O) groups excluding carboxylic acids is 2. The average molecular weight is 320 g/mol. The van der Waals surface area contributed by atoms with Gasteiger partial charge in [-0.15, -0.1) is 0 Å². The van der Waals surface area contributed by atoms with Crippen molar-refractivity contribution in [3.63, 3.8) is 0 Å². The van der Waals surface area contributed by atoms with Gasteiger partial charge in [0.1, 0.15) is 0 Å². The molecule has 1 aliphatic rings. The summed E-state index contributed by atoms with van der Waals surface area (Å²) in [6.45, 7) is 6.50. The second kappa shape index (κ2) is 6.40. The van der Waals surface area contributed by atoms with E-state index in [0.717, 1.165) is 16.7 Å². The molecule has 0 bridgehead atoms. The predicted molar refractivity (Wildman–Crippen MR) is 95.9 cm³/mol. The Kier molecular flexibility index (Phi) is 4.30. The number of benzene rings is 2. The highest BCUT2D eigenvalue weighted by atomic mass is 16.2. The number of aliphatic imine (C=N–C) groups is 1. The van der Waals surface area contributed by atoms with E-state index in [0.29, 0.717) is 17.8 Å². The number of hydrogen-bond donors (Lipinski definition) is 0. The fourth-order valence-corrected chi connectivity index (χ4v) is 2.92. The van der Waals surface area contributed by atoms with Crippen LogP contribution in [-0.2, 0) is 4.79 Å². The Morgan fingerprint density at radius 3 is 2.54 bits per heavy atom. The van der Waals surface area contributed by atoms with Crippen LogP contribution in [0.3, 0.4) is 0 Å². The first kappa shape index (κ1) is 16.1. The zero-order valence-corrected chi connectivity index (χ0v) is 14.1. The summed E-state index contributed by atoms with van der Waals surface area (Å²) in [5.74, 6) is -1.06. The number of nitrogens with zero attached hydrogens (tertiary/aromatic N) is 2. The molecule has 0 fully saturated rings. The summed E-state index contributed by atoms with van der Waals surface area (Å²) in [7, 11) is 0. The van der Waals surface area contributed by atoms with E-state index in [1.807, 2.05) is 57.2 Å². The van der Waals surface area contributed by atoms with E-state index >= 15 is 0 Å². The third-order valence-corrected chi connectivity index (χ3v) is 4.40. The van der Waals surface area contributed by atoms with Gasteiger partial charge >= 0.3 is 0 Å². The summed E-state index contributed by atoms with van der Waals surface area (Å²) >= 11 is 0. The standard InChI is InChI=1S/C20H20N2O2/c1-4-21-12-18-16-7-5-6-8-17(16)19(23)22(20(18)24)15-10-9-13(2)14(3)11-15/h5-12,18H,4H2,1-3H3. The van der Waals surface area contributed by atoms with Crippen molar-refractivity contribution in [1.29, 1.82) is 0 Å². The minimum absolute atomic E-state index is 0.251. The van der Waals surface area contributed by atoms with E-state index in [2.05, 4.69) is 4.99 Å². The molecule has 0 spiro atoms. The Balaban J connectivity index is 2.14. The van der Waals surface area contributed by atoms with E-state index in [-0.39, 0.29) is 11.8 Å². The number of aryl methyl sites for hydroxylation is 2. The minimum atomic E-state index is -0.527. The number of hydrogen-bond acceptors (Lipinski definition) is 3. The second-order valence-electron chi connectivity index (χ2n) is 5.96. The molecule has 24 heavy (non-hydrogen) atoms. The van der Waals surface area contributed by atoms with E-state index in [1.54, 1.807) is 12.3 Å². The molecule has 1 aliphatic heterocycles. The van der Waals surface area contributed by atoms with Gasteiger partial charge in [0.25, 0.3) is 5.91 Å². The Labute approximate surface area is 141 Å². The van der Waals surface area contributed by atoms with Gasteiger partial charge in [-0.05, 0) is 55.7 Å². The van der Waals surface area contributed by atoms with Crippen LogP contribution in [0.4, 0.5) is 5.69 Å². The van der Waals surface area contributed by atoms with Crippen molar-refractivity contribution >= 4 is 23.7 Å². The first-order valence-electron chi connectivity index (χ1n) is 8.09. The number of fused-ring (bicyclic) bond motifs is 1. The van der Waals surface area contributed by atoms with Gasteiger partial charge in [-0.2, -0.15) is 0 Å². The van der Waals surface area contributed by atoms with Crippen LogP contribution in [-0.4, -0.2) is 24.6 Å². The fraction of sp³-hybridized carbons (Fsp3) is 0.250. The van der Waals surface area contributed by atoms with Crippen LogP contribution in [0.25, 0.3) is 0 Å². The van der Waals surface area contributed by atoms with Crippen molar-refractivity contribution in [3.05, 3.63) is 64.7 Å². The number of imide groups is 1. The summed E-state index contributed by atoms with van der Waals surface area (Å²) < 4.78 is 0. The van der Waals surface area contributed by atoms with Crippen LogP contribution in [0.2, 0.25) is 0 Å². The molecule has 4 heteroatoms. The normalized spacial score (nSPS) is 17.5. The highest BCUT2D eigenvalue weighted by Crippen LogP contribution is 2.32. The van der Waals surface area contributed by atoms with Gasteiger partial charge in [-0.1, -0.05) is 24.3 Å². The molecule has 122 valence electrons. The number of rotatable bonds is 3. The molecule has 2 aromatic carbocycles. The van der Waals surface area contributed by atoms with Crippen molar-refractivity contribution in [2.45, 2.75) is 26.7 Å². The van der Waals surface area contributed by atoms with E-state index in [9.17, 15) is 9.59 Å². The Bertz CT molecular complexity index is 839. The molecule has 1 atom stereocenters. The van der Waals surface area contributed by atoms with Crippen LogP contribution < -0.4 is 4.90 Å². The molecular formula is C20H20N2O2. The van der Waals surface area contributed by atoms with Gasteiger partial charge < -0.3 is 0 Å². The van der Waals surface area contributed by atoms with Gasteiger partial charge in [0.15, 0.2) is 0 Å². The average Bonchev–Trinajstić information content (AvgIpc) is 2.58. The minimum Gasteiger partial charge on any atom is -0.297 e. The highest BCUT2D eigenvalue weighted by Gasteiger charge is 2.38. The third-order valence-electron chi connectivity index (χ3n) is 4.40. The van der Waals surface area contributed by atoms with E-state index in [4.69, 9.17) is 0 Å². The molecular weight excluding hydrogens is 300 g/mol. The maximum Gasteiger partial charge on any atom is 0.265 e. The molecule has 0 N–H and O–H groups in total. The van der Waals surface area contributed by atoms with Crippen LogP contribution in [0.15, 0.2) is 47.5 Å². The zero-order chi connectivity index (χ0) is 17.3. The van der Waals surface area contributed by atoms with Crippen molar-refractivity contribution < 1.29 is 9.59 Å². The van der Waals surface area contributed by atoms with Gasteiger partial charge in [0, 0.05) is 18.3 Å². The fourth-order valence-electron chi connectivity index (χ4n) is 2.92. The lowest BCUT2D eigenvalue weighted by Crippen LogP contribution is -2.45. The highest BCUT2D eigenvalue weighted by molar-refractivity contribution is 6.29. The van der Waals surface area contributed by atoms with E-state index < -0.39 is 5.92 Å². The lowest BCUT2D eigenvalue weighted by molar-refractivity contribution is -0.118. The molecule has 3 rings (SSSR count). The van der Waals surface area contributed by atoms with Gasteiger partial charge in [0.2, 0.25) is 5.91 Å². The zero-order valence-electron chi connectivity index (χ0n) is 14.1. The van der Waals surface area contributed by atoms with Crippen molar-refractivity contribution in [2.75, 3.05) is 11.4 Å². The molecule has 0 aromatic heterocycles. The summed E-state index contributed by atoms with van der Waals surface area (Å²) in [5.41, 5.74) is 4.07. The summed E-state index contributed by atoms with van der Waals surface area (Å²) in [4.78, 5) is 31.4. The summed E-state index contributed by atoms with van der Waals surface area (Å²) in [6.07, 6.45) is 1.65. The topological polar surface area (TPSA) is 49.7 Å². The first-order valence-corrected chi connectivity index (χ1v) is 8.09. The van der Waals surface area contributed by atoms with Gasteiger partial charge in [-0.25, -0.2) is 4.90 Å². The molecule has 2 amide bonds. The lowest BCUT2D eigenvalue weighted by atomic mass is 9.88. The number of carbonyl (C=O) groups is 2. The van der Waals surface area contributed by atoms with Crippen LogP contribution in [0, 0.1) is 13.8 Å². The number of amides is 2. The lowest BCUT2D eigenvalue weighted by Gasteiger charge is -2.31. The maximum atomic E-state index is 13.0. The van der Waals surface area contributed by atoms with E-state index in [1.165, 1.54) is 4.90 Å². The van der Waals surface area contributed by atoms with Gasteiger partial charge in [-0.3, -0.25) is 14.6 Å². The second-order valence-corrected chi connectivity index (χ2v) is 5.96. The summed E-state index contributed by atoms with van der Waals surface area (Å²) in [5, 5.41) is 0. The van der Waals surface area contributed by atoms with Gasteiger partial charge in [0.05, 0.1) is 11.6 Å². The van der Waals surface area contributed by atoms with Crippen molar-refractivity contribution in [2.24, 2.45) is 4.99 Å². The first-order chi connectivity index (χ1) is 11.5. The molecule has 1 unspecified atom stereocenters. The molecule has 0 saturated heterocycles. The van der Waals surface area contributed by atoms with Crippen molar-refractivity contribution in [3.8, 4) is 0 Å². The van der Waals surface area contributed by atoms with Crippen molar-refractivity contribution in [1.82, 2.24) is 0 Å². The Hall–Kier alpha value is -2.75. The molecule has 2 aromatic rings. The monoisotopic (exact) mass is 320 g/mol. The van der Waals surface area contributed by atoms with Crippen LogP contribution in [0.1, 0.15) is 39.9 Å². The predicted octanol–water partition coefficient (Wildman–Crippen LogP) is 3.66. The summed E-state index contributed by atoms with van der Waals surface area (Å²) in [6, 6.07) is 12.9. The largest absolute Gasteiger partial charge is 0.297 e. The van der Waals surface area contributed by atoms with Crippen LogP contribution >= 0.6 is 0 Å². The molecule has 0 saturated carbocycles. The third kappa shape index (κ3) is 2.64. The molecule has 0 radical (unpaired) electrons. The number of anilines is 1. The van der Waals surface area contributed by atoms with Crippen LogP contribution in [0.5, 0.6) is 0 Å². The molecule has 1 heterocycles. The quantitative estimate of drug-likeness (QED) is 0.640. The SMILES string of the molecule is CCN=CC1C(=O)N(c2ccc(C)c(C)c2)C(=O)c2ccccc21.